The third-order valence-electron chi connectivity index (χ3n) is 3.97. The van der Waals surface area contributed by atoms with E-state index in [0.29, 0.717) is 11.3 Å². The van der Waals surface area contributed by atoms with Gasteiger partial charge in [0.05, 0.1) is 18.7 Å². The molecule has 0 fully saturated rings. The molecule has 7 heteroatoms. The summed E-state index contributed by atoms with van der Waals surface area (Å²) in [5.74, 6) is -1.98. The average molecular weight is 352 g/mol. The number of carboxylic acids is 1. The van der Waals surface area contributed by atoms with Crippen LogP contribution in [0, 0.1) is 0 Å². The van der Waals surface area contributed by atoms with Crippen molar-refractivity contribution in [3.05, 3.63) is 65.9 Å². The summed E-state index contributed by atoms with van der Waals surface area (Å²) in [5, 5.41) is 21.1. The third kappa shape index (κ3) is 3.33. The number of nitrogens with one attached hydrogen (secondary N) is 1. The highest BCUT2D eigenvalue weighted by Gasteiger charge is 2.30. The number of nitrogens with zero attached hydrogens (tertiary/aromatic N) is 1. The van der Waals surface area contributed by atoms with Crippen LogP contribution in [0.4, 0.5) is 5.69 Å². The number of rotatable bonds is 6. The Hall–Kier alpha value is -3.45. The minimum atomic E-state index is -1.01. The highest BCUT2D eigenvalue weighted by Crippen LogP contribution is 2.26. The Labute approximate surface area is 149 Å². The molecule has 0 saturated heterocycles. The third-order valence-corrected chi connectivity index (χ3v) is 3.97. The average Bonchev–Trinajstić information content (AvgIpc) is 2.90. The molecular formula is C19H16N2O5. The topological polar surface area (TPSA) is 107 Å². The van der Waals surface area contributed by atoms with E-state index in [1.165, 1.54) is 12.1 Å². The number of hydrogen-bond acceptors (Lipinski definition) is 5. The molecule has 1 aliphatic rings. The maximum Gasteiger partial charge on any atom is 0.336 e. The molecule has 0 spiro atoms. The predicted octanol–water partition coefficient (Wildman–Crippen LogP) is 1.71. The first kappa shape index (κ1) is 17.4. The first-order valence-electron chi connectivity index (χ1n) is 7.89. The van der Waals surface area contributed by atoms with Gasteiger partial charge in [0, 0.05) is 11.8 Å². The Balaban J connectivity index is 1.80. The summed E-state index contributed by atoms with van der Waals surface area (Å²) in [6, 6.07) is 13.5. The van der Waals surface area contributed by atoms with Crippen LogP contribution in [0.25, 0.3) is 11.1 Å². The van der Waals surface area contributed by atoms with Gasteiger partial charge in [-0.25, -0.2) is 4.79 Å². The molecule has 0 saturated carbocycles. The number of carboxylic acid groups (broad SMARTS) is 1. The van der Waals surface area contributed by atoms with E-state index in [-0.39, 0.29) is 24.4 Å². The second-order valence-corrected chi connectivity index (χ2v) is 5.63. The number of carbonyl (C=O) groups is 3. The van der Waals surface area contributed by atoms with E-state index in [9.17, 15) is 19.5 Å². The summed E-state index contributed by atoms with van der Waals surface area (Å²) in [4.78, 5) is 36.1. The van der Waals surface area contributed by atoms with E-state index in [4.69, 9.17) is 5.11 Å². The summed E-state index contributed by atoms with van der Waals surface area (Å²) in [6.07, 6.45) is 1.19. The van der Waals surface area contributed by atoms with Gasteiger partial charge in [0.2, 0.25) is 0 Å². The SMILES string of the molecule is O=C(O)c1ccccc1-c1ccc(NC2=CC(=O)N(CCO)C2=O)cc1. The van der Waals surface area contributed by atoms with Gasteiger partial charge < -0.3 is 15.5 Å². The van der Waals surface area contributed by atoms with Crippen LogP contribution in [-0.2, 0) is 9.59 Å². The highest BCUT2D eigenvalue weighted by molar-refractivity contribution is 6.17. The Bertz CT molecular complexity index is 902. The van der Waals surface area contributed by atoms with Gasteiger partial charge in [-0.15, -0.1) is 0 Å². The van der Waals surface area contributed by atoms with Gasteiger partial charge in [-0.3, -0.25) is 14.5 Å². The van der Waals surface area contributed by atoms with E-state index in [1.807, 2.05) is 0 Å². The van der Waals surface area contributed by atoms with Crippen molar-refractivity contribution in [1.29, 1.82) is 0 Å². The van der Waals surface area contributed by atoms with Crippen LogP contribution in [0.1, 0.15) is 10.4 Å². The van der Waals surface area contributed by atoms with Crippen LogP contribution in [-0.4, -0.2) is 46.0 Å². The van der Waals surface area contributed by atoms with Crippen molar-refractivity contribution >= 4 is 23.5 Å². The standard InChI is InChI=1S/C19H16N2O5/c22-10-9-21-17(23)11-16(18(21)24)20-13-7-5-12(6-8-13)14-3-1-2-4-15(14)19(25)26/h1-8,11,20,22H,9-10H2,(H,25,26). The van der Waals surface area contributed by atoms with Gasteiger partial charge in [0.15, 0.2) is 0 Å². The predicted molar refractivity (Wildman–Crippen MR) is 94.3 cm³/mol. The smallest absolute Gasteiger partial charge is 0.336 e. The number of aliphatic hydroxyl groups is 1. The lowest BCUT2D eigenvalue weighted by atomic mass is 9.99. The molecule has 2 amide bonds. The van der Waals surface area contributed by atoms with Gasteiger partial charge in [-0.2, -0.15) is 0 Å². The summed E-state index contributed by atoms with van der Waals surface area (Å²) in [6.45, 7) is -0.347. The minimum Gasteiger partial charge on any atom is -0.478 e. The molecule has 132 valence electrons. The quantitative estimate of drug-likeness (QED) is 0.683. The maximum atomic E-state index is 12.1. The number of anilines is 1. The van der Waals surface area contributed by atoms with E-state index >= 15 is 0 Å². The lowest BCUT2D eigenvalue weighted by Crippen LogP contribution is -2.34. The summed E-state index contributed by atoms with van der Waals surface area (Å²) in [5.41, 5.74) is 2.22. The van der Waals surface area contributed by atoms with Crippen molar-refractivity contribution in [2.75, 3.05) is 18.5 Å². The van der Waals surface area contributed by atoms with Crippen LogP contribution in [0.3, 0.4) is 0 Å². The Morgan fingerprint density at radius 3 is 2.38 bits per heavy atom. The van der Waals surface area contributed by atoms with E-state index in [1.54, 1.807) is 42.5 Å². The van der Waals surface area contributed by atoms with Gasteiger partial charge in [0.1, 0.15) is 5.70 Å². The van der Waals surface area contributed by atoms with Crippen molar-refractivity contribution < 1.29 is 24.6 Å². The van der Waals surface area contributed by atoms with Gasteiger partial charge in [0.25, 0.3) is 11.8 Å². The summed E-state index contributed by atoms with van der Waals surface area (Å²) >= 11 is 0. The lowest BCUT2D eigenvalue weighted by Gasteiger charge is -2.13. The van der Waals surface area contributed by atoms with Crippen molar-refractivity contribution in [2.45, 2.75) is 0 Å². The van der Waals surface area contributed by atoms with Gasteiger partial charge >= 0.3 is 5.97 Å². The molecule has 7 nitrogen and oxygen atoms in total. The monoisotopic (exact) mass is 352 g/mol. The Morgan fingerprint density at radius 1 is 1.04 bits per heavy atom. The zero-order chi connectivity index (χ0) is 18.7. The number of aliphatic hydroxyl groups excluding tert-OH is 1. The zero-order valence-corrected chi connectivity index (χ0v) is 13.7. The number of hydrogen-bond donors (Lipinski definition) is 3. The van der Waals surface area contributed by atoms with Crippen molar-refractivity contribution in [3.8, 4) is 11.1 Å². The van der Waals surface area contributed by atoms with E-state index in [0.717, 1.165) is 10.5 Å². The second kappa shape index (κ2) is 7.20. The summed E-state index contributed by atoms with van der Waals surface area (Å²) in [7, 11) is 0. The number of imide groups is 1. The van der Waals surface area contributed by atoms with Gasteiger partial charge in [-0.1, -0.05) is 30.3 Å². The second-order valence-electron chi connectivity index (χ2n) is 5.63. The molecule has 2 aromatic carbocycles. The first-order valence-corrected chi connectivity index (χ1v) is 7.89. The molecule has 0 unspecified atom stereocenters. The first-order chi connectivity index (χ1) is 12.5. The molecular weight excluding hydrogens is 336 g/mol. The number of β-amino-alcohol motifs (C(OH)–C–C–N with tert-alkyl or cyclic N) is 1. The fourth-order valence-electron chi connectivity index (χ4n) is 2.72. The Morgan fingerprint density at radius 2 is 1.73 bits per heavy atom. The van der Waals surface area contributed by atoms with E-state index < -0.39 is 17.8 Å². The molecule has 0 bridgehead atoms. The largest absolute Gasteiger partial charge is 0.478 e. The van der Waals surface area contributed by atoms with Crippen molar-refractivity contribution in [1.82, 2.24) is 4.90 Å². The Kier molecular flexibility index (Phi) is 4.81. The number of benzene rings is 2. The van der Waals surface area contributed by atoms with Crippen LogP contribution in [0.15, 0.2) is 60.3 Å². The lowest BCUT2D eigenvalue weighted by molar-refractivity contribution is -0.137. The van der Waals surface area contributed by atoms with E-state index in [2.05, 4.69) is 5.32 Å². The van der Waals surface area contributed by atoms with Crippen LogP contribution in [0.2, 0.25) is 0 Å². The molecule has 0 atom stereocenters. The number of carbonyl (C=O) groups excluding carboxylic acids is 2. The molecule has 0 radical (unpaired) electrons. The fourth-order valence-corrected chi connectivity index (χ4v) is 2.72. The van der Waals surface area contributed by atoms with Crippen LogP contribution < -0.4 is 5.32 Å². The molecule has 1 aliphatic heterocycles. The minimum absolute atomic E-state index is 0.0513. The maximum absolute atomic E-state index is 12.1. The highest BCUT2D eigenvalue weighted by atomic mass is 16.4. The number of amides is 2. The van der Waals surface area contributed by atoms with Gasteiger partial charge in [-0.05, 0) is 29.3 Å². The van der Waals surface area contributed by atoms with Crippen LogP contribution in [0.5, 0.6) is 0 Å². The normalized spacial score (nSPS) is 13.7. The zero-order valence-electron chi connectivity index (χ0n) is 13.7. The molecule has 3 N–H and O–H groups in total. The molecule has 2 aromatic rings. The molecule has 0 aliphatic carbocycles. The fraction of sp³-hybridized carbons (Fsp3) is 0.105. The van der Waals surface area contributed by atoms with Crippen LogP contribution >= 0.6 is 0 Å². The molecule has 0 aromatic heterocycles. The van der Waals surface area contributed by atoms with Crippen molar-refractivity contribution in [3.63, 3.8) is 0 Å². The molecule has 3 rings (SSSR count). The van der Waals surface area contributed by atoms with Crippen molar-refractivity contribution in [2.24, 2.45) is 0 Å². The molecule has 1 heterocycles. The summed E-state index contributed by atoms with van der Waals surface area (Å²) < 4.78 is 0. The molecule has 26 heavy (non-hydrogen) atoms. The number of aromatic carboxylic acids is 1.